The summed E-state index contributed by atoms with van der Waals surface area (Å²) in [7, 11) is 3.30. The second-order valence-corrected chi connectivity index (χ2v) is 6.89. The van der Waals surface area contributed by atoms with Gasteiger partial charge >= 0.3 is 5.97 Å². The molecular weight excluding hydrogens is 404 g/mol. The predicted molar refractivity (Wildman–Crippen MR) is 116 cm³/mol. The van der Waals surface area contributed by atoms with Crippen LogP contribution >= 0.6 is 11.6 Å². The molecule has 0 radical (unpaired) electrons. The third-order valence-corrected chi connectivity index (χ3v) is 4.91. The van der Waals surface area contributed by atoms with Gasteiger partial charge < -0.3 is 15.2 Å². The van der Waals surface area contributed by atoms with Crippen LogP contribution in [-0.4, -0.2) is 40.2 Å². The van der Waals surface area contributed by atoms with E-state index in [1.165, 1.54) is 12.3 Å². The summed E-state index contributed by atoms with van der Waals surface area (Å²) in [6.07, 6.45) is 3.05. The van der Waals surface area contributed by atoms with E-state index < -0.39 is 5.97 Å². The summed E-state index contributed by atoms with van der Waals surface area (Å²) in [5.41, 5.74) is 3.69. The Bertz CT molecular complexity index is 1260. The summed E-state index contributed by atoms with van der Waals surface area (Å²) < 4.78 is 5.70. The Balaban J connectivity index is 2.05. The number of carbonyl (C=O) groups is 1. The molecule has 2 aromatic heterocycles. The average Bonchev–Trinajstić information content (AvgIpc) is 2.77. The molecule has 4 rings (SSSR count). The van der Waals surface area contributed by atoms with Gasteiger partial charge in [0, 0.05) is 35.4 Å². The molecule has 0 spiro atoms. The van der Waals surface area contributed by atoms with Crippen LogP contribution in [0, 0.1) is 0 Å². The maximum atomic E-state index is 11.2. The van der Waals surface area contributed by atoms with Gasteiger partial charge in [0.25, 0.3) is 0 Å². The zero-order valence-corrected chi connectivity index (χ0v) is 16.9. The molecular formula is C22H17ClN4O3. The van der Waals surface area contributed by atoms with E-state index in [-0.39, 0.29) is 5.56 Å². The first-order valence-corrected chi connectivity index (χ1v) is 9.40. The molecule has 0 unspecified atom stereocenters. The van der Waals surface area contributed by atoms with Crippen molar-refractivity contribution in [3.8, 4) is 28.1 Å². The van der Waals surface area contributed by atoms with Crippen molar-refractivity contribution in [2.45, 2.75) is 0 Å². The maximum Gasteiger partial charge on any atom is 0.337 e. The van der Waals surface area contributed by atoms with Gasteiger partial charge in [0.1, 0.15) is 5.52 Å². The number of hydrogen-bond acceptors (Lipinski definition) is 6. The molecule has 8 heteroatoms. The molecule has 0 aliphatic heterocycles. The van der Waals surface area contributed by atoms with Crippen molar-refractivity contribution in [1.29, 1.82) is 0 Å². The number of anilines is 1. The first-order chi connectivity index (χ1) is 14.5. The van der Waals surface area contributed by atoms with Gasteiger partial charge in [-0.25, -0.2) is 14.8 Å². The van der Waals surface area contributed by atoms with Crippen LogP contribution in [0.5, 0.6) is 5.75 Å². The van der Waals surface area contributed by atoms with E-state index >= 15 is 0 Å². The number of nitrogens with zero attached hydrogens (tertiary/aromatic N) is 3. The number of carboxylic acid groups (broad SMARTS) is 1. The molecule has 0 aliphatic rings. The van der Waals surface area contributed by atoms with Crippen molar-refractivity contribution in [1.82, 2.24) is 15.0 Å². The Morgan fingerprint density at radius 1 is 1.10 bits per heavy atom. The highest BCUT2D eigenvalue weighted by Crippen LogP contribution is 2.41. The number of pyridine rings is 1. The van der Waals surface area contributed by atoms with Crippen LogP contribution in [0.3, 0.4) is 0 Å². The molecule has 30 heavy (non-hydrogen) atoms. The first-order valence-electron chi connectivity index (χ1n) is 9.03. The molecule has 0 bridgehead atoms. The molecule has 0 fully saturated rings. The molecule has 4 aromatic rings. The molecule has 0 aliphatic carbocycles. The second-order valence-electron chi connectivity index (χ2n) is 6.46. The summed E-state index contributed by atoms with van der Waals surface area (Å²) in [5, 5.41) is 13.5. The number of methoxy groups -OCH3 is 1. The molecule has 0 atom stereocenters. The second kappa shape index (κ2) is 7.96. The van der Waals surface area contributed by atoms with Gasteiger partial charge in [0.15, 0.2) is 5.75 Å². The zero-order valence-electron chi connectivity index (χ0n) is 16.2. The summed E-state index contributed by atoms with van der Waals surface area (Å²) in [4.78, 5) is 24.5. The Labute approximate surface area is 177 Å². The molecule has 7 nitrogen and oxygen atoms in total. The van der Waals surface area contributed by atoms with Crippen molar-refractivity contribution in [3.63, 3.8) is 0 Å². The van der Waals surface area contributed by atoms with E-state index in [0.29, 0.717) is 33.5 Å². The SMILES string of the molecule is CNc1ncc2c(-c3cccc(Cl)c3)cc(-c3ccc(C(=O)O)cn3)c(OC)c2n1. The quantitative estimate of drug-likeness (QED) is 0.480. The van der Waals surface area contributed by atoms with Gasteiger partial charge in [0.05, 0.1) is 18.4 Å². The molecule has 2 aromatic carbocycles. The van der Waals surface area contributed by atoms with Crippen molar-refractivity contribution >= 4 is 34.4 Å². The lowest BCUT2D eigenvalue weighted by Gasteiger charge is -2.16. The van der Waals surface area contributed by atoms with Gasteiger partial charge in [0.2, 0.25) is 5.95 Å². The van der Waals surface area contributed by atoms with Crippen molar-refractivity contribution in [2.75, 3.05) is 19.5 Å². The number of aromatic nitrogens is 3. The Kier molecular flexibility index (Phi) is 5.20. The van der Waals surface area contributed by atoms with Crippen LogP contribution in [0.15, 0.2) is 54.9 Å². The Hall–Kier alpha value is -3.71. The van der Waals surface area contributed by atoms with Crippen molar-refractivity contribution < 1.29 is 14.6 Å². The lowest BCUT2D eigenvalue weighted by atomic mass is 9.96. The molecule has 150 valence electrons. The van der Waals surface area contributed by atoms with Crippen LogP contribution in [0.4, 0.5) is 5.95 Å². The molecule has 0 saturated heterocycles. The van der Waals surface area contributed by atoms with Crippen LogP contribution in [0.2, 0.25) is 5.02 Å². The zero-order chi connectivity index (χ0) is 21.3. The average molecular weight is 421 g/mol. The topological polar surface area (TPSA) is 97.2 Å². The fraction of sp³-hybridized carbons (Fsp3) is 0.0909. The smallest absolute Gasteiger partial charge is 0.337 e. The summed E-state index contributed by atoms with van der Waals surface area (Å²) in [6, 6.07) is 12.6. The van der Waals surface area contributed by atoms with Crippen LogP contribution in [-0.2, 0) is 0 Å². The number of hydrogen-bond donors (Lipinski definition) is 2. The van der Waals surface area contributed by atoms with Gasteiger partial charge in [-0.3, -0.25) is 4.98 Å². The number of rotatable bonds is 5. The summed E-state index contributed by atoms with van der Waals surface area (Å²) in [6.45, 7) is 0. The molecule has 0 saturated carbocycles. The van der Waals surface area contributed by atoms with E-state index in [9.17, 15) is 4.79 Å². The first kappa shape index (κ1) is 19.6. The summed E-state index contributed by atoms with van der Waals surface area (Å²) in [5.74, 6) is -0.0695. The van der Waals surface area contributed by atoms with Crippen molar-refractivity contribution in [2.24, 2.45) is 0 Å². The number of benzene rings is 2. The van der Waals surface area contributed by atoms with Crippen LogP contribution in [0.25, 0.3) is 33.3 Å². The number of halogens is 1. The monoisotopic (exact) mass is 420 g/mol. The van der Waals surface area contributed by atoms with E-state index in [1.807, 2.05) is 24.3 Å². The number of carboxylic acids is 1. The lowest BCUT2D eigenvalue weighted by molar-refractivity contribution is 0.0696. The highest BCUT2D eigenvalue weighted by Gasteiger charge is 2.19. The van der Waals surface area contributed by atoms with E-state index in [4.69, 9.17) is 21.4 Å². The standard InChI is InChI=1S/C22H17ClN4O3/c1-24-22-26-11-17-15(12-4-3-5-14(23)8-12)9-16(20(30-2)19(17)27-22)18-7-6-13(10-25-18)21(28)29/h3-11H,1-2H3,(H,28,29)(H,24,26,27). The third-order valence-electron chi connectivity index (χ3n) is 4.68. The minimum atomic E-state index is -1.04. The number of aromatic carboxylic acids is 1. The maximum absolute atomic E-state index is 11.2. The largest absolute Gasteiger partial charge is 0.494 e. The van der Waals surface area contributed by atoms with Crippen LogP contribution < -0.4 is 10.1 Å². The summed E-state index contributed by atoms with van der Waals surface area (Å²) >= 11 is 6.22. The molecule has 2 N–H and O–H groups in total. The van der Waals surface area contributed by atoms with E-state index in [0.717, 1.165) is 16.5 Å². The van der Waals surface area contributed by atoms with Gasteiger partial charge in [-0.1, -0.05) is 23.7 Å². The van der Waals surface area contributed by atoms with E-state index in [1.54, 1.807) is 32.5 Å². The number of fused-ring (bicyclic) bond motifs is 1. The highest BCUT2D eigenvalue weighted by atomic mass is 35.5. The third kappa shape index (κ3) is 3.51. The minimum absolute atomic E-state index is 0.105. The van der Waals surface area contributed by atoms with Crippen LogP contribution in [0.1, 0.15) is 10.4 Å². The Morgan fingerprint density at radius 3 is 2.57 bits per heavy atom. The minimum Gasteiger partial charge on any atom is -0.494 e. The fourth-order valence-electron chi connectivity index (χ4n) is 3.26. The van der Waals surface area contributed by atoms with Gasteiger partial charge in [-0.05, 0) is 41.5 Å². The Morgan fingerprint density at radius 2 is 1.93 bits per heavy atom. The lowest BCUT2D eigenvalue weighted by Crippen LogP contribution is -2.01. The van der Waals surface area contributed by atoms with Gasteiger partial charge in [-0.15, -0.1) is 0 Å². The number of ether oxygens (including phenoxy) is 1. The molecule has 2 heterocycles. The van der Waals surface area contributed by atoms with Gasteiger partial charge in [-0.2, -0.15) is 0 Å². The fourth-order valence-corrected chi connectivity index (χ4v) is 3.45. The normalized spacial score (nSPS) is 10.8. The van der Waals surface area contributed by atoms with E-state index in [2.05, 4.69) is 20.3 Å². The number of nitrogens with one attached hydrogen (secondary N) is 1. The highest BCUT2D eigenvalue weighted by molar-refractivity contribution is 6.31. The predicted octanol–water partition coefficient (Wildman–Crippen LogP) is 4.76. The molecule has 0 amide bonds. The van der Waals surface area contributed by atoms with Crippen molar-refractivity contribution in [3.05, 3.63) is 65.4 Å².